The van der Waals surface area contributed by atoms with Gasteiger partial charge in [0.15, 0.2) is 39.0 Å². The zero-order valence-electron chi connectivity index (χ0n) is 16.5. The number of carbonyl (C=O) groups is 4. The first kappa shape index (κ1) is 23.1. The lowest BCUT2D eigenvalue weighted by Crippen LogP contribution is -2.64. The van der Waals surface area contributed by atoms with E-state index < -0.39 is 62.9 Å². The molecule has 1 aliphatic rings. The molecule has 1 aliphatic heterocycles. The number of methoxy groups -OCH3 is 1. The van der Waals surface area contributed by atoms with Crippen molar-refractivity contribution in [3.8, 4) is 0 Å². The predicted molar refractivity (Wildman–Crippen MR) is 91.8 cm³/mol. The normalized spacial score (nSPS) is 28.0. The second kappa shape index (κ2) is 9.29. The van der Waals surface area contributed by atoms with Gasteiger partial charge in [-0.25, -0.2) is 4.79 Å². The van der Waals surface area contributed by atoms with Gasteiger partial charge in [-0.3, -0.25) is 14.4 Å². The lowest BCUT2D eigenvalue weighted by molar-refractivity contribution is -0.284. The summed E-state index contributed by atoms with van der Waals surface area (Å²) in [6, 6.07) is 0. The van der Waals surface area contributed by atoms with Crippen molar-refractivity contribution in [2.75, 3.05) is 7.11 Å². The van der Waals surface area contributed by atoms with Crippen LogP contribution in [0.2, 0.25) is 19.6 Å². The van der Waals surface area contributed by atoms with Gasteiger partial charge >= 0.3 is 23.9 Å². The van der Waals surface area contributed by atoms with Crippen LogP contribution in [0.3, 0.4) is 0 Å². The van der Waals surface area contributed by atoms with Crippen LogP contribution in [0.5, 0.6) is 0 Å². The maximum absolute atomic E-state index is 12.2. The van der Waals surface area contributed by atoms with Gasteiger partial charge in [-0.05, 0) is 19.6 Å². The quantitative estimate of drug-likeness (QED) is 0.350. The van der Waals surface area contributed by atoms with E-state index in [1.807, 2.05) is 19.6 Å². The fraction of sp³-hybridized carbons (Fsp3) is 0.750. The Morgan fingerprint density at radius 3 is 1.63 bits per heavy atom. The molecule has 0 radical (unpaired) electrons. The first-order chi connectivity index (χ1) is 12.4. The zero-order valence-corrected chi connectivity index (χ0v) is 17.5. The van der Waals surface area contributed by atoms with E-state index in [1.165, 1.54) is 0 Å². The van der Waals surface area contributed by atoms with Gasteiger partial charge in [0.1, 0.15) is 0 Å². The lowest BCUT2D eigenvalue weighted by atomic mass is 9.98. The Morgan fingerprint density at radius 1 is 0.778 bits per heavy atom. The summed E-state index contributed by atoms with van der Waals surface area (Å²) in [6.07, 6.45) is -6.61. The molecule has 0 aliphatic carbocycles. The third-order valence-electron chi connectivity index (χ3n) is 3.30. The average Bonchev–Trinajstić information content (AvgIpc) is 2.49. The zero-order chi connectivity index (χ0) is 20.9. The van der Waals surface area contributed by atoms with E-state index in [0.717, 1.165) is 27.9 Å². The van der Waals surface area contributed by atoms with Crippen molar-refractivity contribution in [3.05, 3.63) is 0 Å². The topological polar surface area (TPSA) is 124 Å². The largest absolute Gasteiger partial charge is 0.467 e. The Bertz CT molecular complexity index is 584. The minimum atomic E-state index is -2.25. The van der Waals surface area contributed by atoms with E-state index in [4.69, 9.17) is 28.1 Å². The Balaban J connectivity index is 3.40. The van der Waals surface area contributed by atoms with Gasteiger partial charge in [0, 0.05) is 20.8 Å². The SMILES string of the molecule is COC(=O)[C@H]1O[C@@H](O[Si](C)(C)C)[C@H](OC(C)=O)[C@@H](OC(C)=O)[C@@H]1OC(C)=O. The van der Waals surface area contributed by atoms with Crippen LogP contribution in [0.1, 0.15) is 20.8 Å². The third kappa shape index (κ3) is 6.92. The van der Waals surface area contributed by atoms with E-state index >= 15 is 0 Å². The minimum Gasteiger partial charge on any atom is -0.467 e. The van der Waals surface area contributed by atoms with E-state index in [9.17, 15) is 19.2 Å². The Labute approximate surface area is 158 Å². The van der Waals surface area contributed by atoms with Crippen molar-refractivity contribution in [3.63, 3.8) is 0 Å². The molecule has 0 saturated carbocycles. The number of rotatable bonds is 6. The fourth-order valence-electron chi connectivity index (χ4n) is 2.52. The lowest BCUT2D eigenvalue weighted by Gasteiger charge is -2.44. The summed E-state index contributed by atoms with van der Waals surface area (Å²) in [5.74, 6) is -3.03. The van der Waals surface area contributed by atoms with Crippen molar-refractivity contribution in [1.29, 1.82) is 0 Å². The molecule has 0 bridgehead atoms. The Kier molecular flexibility index (Phi) is 7.93. The Hall–Kier alpha value is -1.98. The van der Waals surface area contributed by atoms with Gasteiger partial charge in [-0.1, -0.05) is 0 Å². The molecule has 10 nitrogen and oxygen atoms in total. The smallest absolute Gasteiger partial charge is 0.339 e. The number of ether oxygens (including phenoxy) is 5. The van der Waals surface area contributed by atoms with Crippen molar-refractivity contribution < 1.29 is 47.3 Å². The summed E-state index contributed by atoms with van der Waals surface area (Å²) in [5, 5.41) is 0. The molecule has 0 aromatic carbocycles. The molecule has 1 saturated heterocycles. The van der Waals surface area contributed by atoms with Crippen LogP contribution < -0.4 is 0 Å². The number of hydrogen-bond donors (Lipinski definition) is 0. The molecule has 0 amide bonds. The Morgan fingerprint density at radius 2 is 1.22 bits per heavy atom. The van der Waals surface area contributed by atoms with Crippen molar-refractivity contribution in [2.24, 2.45) is 0 Å². The molecule has 1 rings (SSSR count). The van der Waals surface area contributed by atoms with Crippen LogP contribution in [0, 0.1) is 0 Å². The number of esters is 4. The first-order valence-electron chi connectivity index (χ1n) is 8.28. The predicted octanol–water partition coefficient (Wildman–Crippen LogP) is 0.531. The van der Waals surface area contributed by atoms with Crippen LogP contribution in [0.4, 0.5) is 0 Å². The number of hydrogen-bond acceptors (Lipinski definition) is 10. The first-order valence-corrected chi connectivity index (χ1v) is 11.7. The van der Waals surface area contributed by atoms with Crippen molar-refractivity contribution in [1.82, 2.24) is 0 Å². The molecule has 0 spiro atoms. The van der Waals surface area contributed by atoms with Gasteiger partial charge in [-0.2, -0.15) is 0 Å². The highest BCUT2D eigenvalue weighted by Gasteiger charge is 2.55. The second-order valence-corrected chi connectivity index (χ2v) is 11.4. The molecule has 1 heterocycles. The van der Waals surface area contributed by atoms with E-state index in [0.29, 0.717) is 0 Å². The van der Waals surface area contributed by atoms with Gasteiger partial charge in [0.05, 0.1) is 7.11 Å². The molecule has 5 atom stereocenters. The molecule has 0 unspecified atom stereocenters. The summed E-state index contributed by atoms with van der Waals surface area (Å²) in [4.78, 5) is 46.9. The van der Waals surface area contributed by atoms with E-state index in [2.05, 4.69) is 0 Å². The highest BCUT2D eigenvalue weighted by atomic mass is 28.4. The second-order valence-electron chi connectivity index (χ2n) is 6.90. The van der Waals surface area contributed by atoms with Gasteiger partial charge < -0.3 is 28.1 Å². The highest BCUT2D eigenvalue weighted by Crippen LogP contribution is 2.31. The van der Waals surface area contributed by atoms with E-state index in [-0.39, 0.29) is 0 Å². The van der Waals surface area contributed by atoms with Gasteiger partial charge in [0.2, 0.25) is 0 Å². The standard InChI is InChI=1S/C16H26O10Si/c1-8(17)22-11-12(23-9(2)18)14(24-10(3)19)16(26-27(5,6)7)25-13(11)15(20)21-4/h11-14,16H,1-7H3/t11-,12-,13-,14+,16-/m0/s1. The molecule has 0 N–H and O–H groups in total. The molecule has 0 aromatic rings. The summed E-state index contributed by atoms with van der Waals surface area (Å²) in [5.41, 5.74) is 0. The van der Waals surface area contributed by atoms with Gasteiger partial charge in [0.25, 0.3) is 0 Å². The monoisotopic (exact) mass is 406 g/mol. The minimum absolute atomic E-state index is 0.692. The molecule has 0 aromatic heterocycles. The summed E-state index contributed by atoms with van der Waals surface area (Å²) in [7, 11) is -1.12. The van der Waals surface area contributed by atoms with Crippen LogP contribution in [0.25, 0.3) is 0 Å². The van der Waals surface area contributed by atoms with Crippen LogP contribution >= 0.6 is 0 Å². The summed E-state index contributed by atoms with van der Waals surface area (Å²) >= 11 is 0. The maximum atomic E-state index is 12.2. The van der Waals surface area contributed by atoms with Crippen molar-refractivity contribution in [2.45, 2.75) is 71.1 Å². The maximum Gasteiger partial charge on any atom is 0.339 e. The molecule has 27 heavy (non-hydrogen) atoms. The van der Waals surface area contributed by atoms with E-state index in [1.54, 1.807) is 0 Å². The fourth-order valence-corrected chi connectivity index (χ4v) is 3.41. The molecular weight excluding hydrogens is 380 g/mol. The average molecular weight is 406 g/mol. The summed E-state index contributed by atoms with van der Waals surface area (Å²) in [6.45, 7) is 8.97. The number of carbonyl (C=O) groups excluding carboxylic acids is 4. The van der Waals surface area contributed by atoms with Crippen LogP contribution in [0.15, 0.2) is 0 Å². The highest BCUT2D eigenvalue weighted by molar-refractivity contribution is 6.69. The molecular formula is C16H26O10Si. The molecule has 1 fully saturated rings. The van der Waals surface area contributed by atoms with Gasteiger partial charge in [-0.15, -0.1) is 0 Å². The third-order valence-corrected chi connectivity index (χ3v) is 4.24. The summed E-state index contributed by atoms with van der Waals surface area (Å²) < 4.78 is 31.9. The molecule has 11 heteroatoms. The molecule has 154 valence electrons. The van der Waals surface area contributed by atoms with Crippen LogP contribution in [-0.4, -0.2) is 70.0 Å². The van der Waals surface area contributed by atoms with Crippen LogP contribution in [-0.2, 0) is 47.3 Å². The van der Waals surface area contributed by atoms with Crippen molar-refractivity contribution >= 4 is 32.2 Å².